The number of unbranched alkanes of at least 4 members (excludes halogenated alkanes) is 25. The monoisotopic (exact) mass is 893 g/mol. The maximum Gasteiger partial charge on any atom is 0.306 e. The molecule has 0 saturated heterocycles. The predicted octanol–water partition coefficient (Wildman–Crippen LogP) is 17.8. The fourth-order valence-electron chi connectivity index (χ4n) is 7.45. The van der Waals surface area contributed by atoms with E-state index in [-0.39, 0.29) is 31.1 Å². The van der Waals surface area contributed by atoms with E-state index < -0.39 is 6.10 Å². The largest absolute Gasteiger partial charge is 0.462 e. The van der Waals surface area contributed by atoms with E-state index in [1.807, 2.05) is 0 Å². The highest BCUT2D eigenvalue weighted by atomic mass is 16.6. The van der Waals surface area contributed by atoms with Crippen LogP contribution in [0.25, 0.3) is 0 Å². The fraction of sp³-hybridized carbons (Fsp3) is 0.741. The predicted molar refractivity (Wildman–Crippen MR) is 274 cm³/mol. The van der Waals surface area contributed by atoms with Crippen molar-refractivity contribution in [3.63, 3.8) is 0 Å². The first-order chi connectivity index (χ1) is 31.5. The van der Waals surface area contributed by atoms with Crippen molar-refractivity contribution in [3.05, 3.63) is 72.9 Å². The summed E-state index contributed by atoms with van der Waals surface area (Å²) in [7, 11) is 0. The second kappa shape index (κ2) is 52.5. The molecule has 0 rings (SSSR count). The minimum atomic E-state index is -0.788. The summed E-state index contributed by atoms with van der Waals surface area (Å²) in [5.41, 5.74) is 0. The Balaban J connectivity index is 4.30. The first-order valence-electron chi connectivity index (χ1n) is 26.9. The van der Waals surface area contributed by atoms with E-state index in [1.54, 1.807) is 0 Å². The third kappa shape index (κ3) is 49.9. The van der Waals surface area contributed by atoms with Crippen molar-refractivity contribution in [3.8, 4) is 0 Å². The molecule has 368 valence electrons. The van der Waals surface area contributed by atoms with Gasteiger partial charge in [0.2, 0.25) is 0 Å². The van der Waals surface area contributed by atoms with E-state index in [0.717, 1.165) is 96.3 Å². The van der Waals surface area contributed by atoms with Crippen LogP contribution < -0.4 is 0 Å². The van der Waals surface area contributed by atoms with Crippen molar-refractivity contribution >= 4 is 17.9 Å². The van der Waals surface area contributed by atoms with E-state index >= 15 is 0 Å². The number of allylic oxidation sites excluding steroid dienone is 12. The molecule has 0 N–H and O–H groups in total. The molecule has 0 bridgehead atoms. The summed E-state index contributed by atoms with van der Waals surface area (Å²) in [6, 6.07) is 0. The number of carbonyl (C=O) groups is 3. The number of esters is 3. The molecule has 1 atom stereocenters. The van der Waals surface area contributed by atoms with Gasteiger partial charge >= 0.3 is 17.9 Å². The SMILES string of the molecule is CC/C=C\C/C=C\C/C=C\C/C=C\C/C=C\C/C=C\CCCCC(=O)OCC(COC(=O)CCCCCCCCC)OC(=O)CCCCCCCCCCCCCCCCCCCC. The summed E-state index contributed by atoms with van der Waals surface area (Å²) >= 11 is 0. The summed E-state index contributed by atoms with van der Waals surface area (Å²) in [5.74, 6) is -0.933. The molecule has 0 aliphatic carbocycles. The maximum absolute atomic E-state index is 12.8. The van der Waals surface area contributed by atoms with E-state index in [2.05, 4.69) is 93.7 Å². The summed E-state index contributed by atoms with van der Waals surface area (Å²) in [6.45, 7) is 6.46. The van der Waals surface area contributed by atoms with Gasteiger partial charge in [0.15, 0.2) is 6.10 Å². The van der Waals surface area contributed by atoms with Crippen LogP contribution in [-0.4, -0.2) is 37.2 Å². The van der Waals surface area contributed by atoms with Gasteiger partial charge in [0.25, 0.3) is 0 Å². The van der Waals surface area contributed by atoms with Crippen molar-refractivity contribution in [2.24, 2.45) is 0 Å². The maximum atomic E-state index is 12.8. The minimum Gasteiger partial charge on any atom is -0.462 e. The second-order valence-corrected chi connectivity index (χ2v) is 17.8. The molecular formula is C58H100O6. The topological polar surface area (TPSA) is 78.9 Å². The molecular weight excluding hydrogens is 793 g/mol. The molecule has 0 aromatic rings. The zero-order chi connectivity index (χ0) is 46.5. The van der Waals surface area contributed by atoms with Gasteiger partial charge in [0.05, 0.1) is 0 Å². The smallest absolute Gasteiger partial charge is 0.306 e. The van der Waals surface area contributed by atoms with Crippen molar-refractivity contribution in [1.82, 2.24) is 0 Å². The van der Waals surface area contributed by atoms with Crippen LogP contribution in [0.15, 0.2) is 72.9 Å². The Kier molecular flexibility index (Phi) is 49.9. The van der Waals surface area contributed by atoms with Crippen LogP contribution in [0.2, 0.25) is 0 Å². The van der Waals surface area contributed by atoms with Gasteiger partial charge in [0, 0.05) is 19.3 Å². The number of ether oxygens (including phenoxy) is 3. The molecule has 6 heteroatoms. The molecule has 6 nitrogen and oxygen atoms in total. The summed E-state index contributed by atoms with van der Waals surface area (Å²) in [4.78, 5) is 37.9. The van der Waals surface area contributed by atoms with Gasteiger partial charge in [-0.15, -0.1) is 0 Å². The van der Waals surface area contributed by atoms with Crippen molar-refractivity contribution in [2.75, 3.05) is 13.2 Å². The van der Waals surface area contributed by atoms with Crippen LogP contribution in [-0.2, 0) is 28.6 Å². The fourth-order valence-corrected chi connectivity index (χ4v) is 7.45. The minimum absolute atomic E-state index is 0.0871. The Morgan fingerprint density at radius 2 is 0.609 bits per heavy atom. The van der Waals surface area contributed by atoms with Gasteiger partial charge in [-0.05, 0) is 70.6 Å². The quantitative estimate of drug-likeness (QED) is 0.0262. The average molecular weight is 893 g/mol. The van der Waals surface area contributed by atoms with Crippen molar-refractivity contribution in [1.29, 1.82) is 0 Å². The lowest BCUT2D eigenvalue weighted by atomic mass is 10.0. The second-order valence-electron chi connectivity index (χ2n) is 17.8. The van der Waals surface area contributed by atoms with E-state index in [4.69, 9.17) is 14.2 Å². The van der Waals surface area contributed by atoms with Gasteiger partial charge in [-0.1, -0.05) is 241 Å². The van der Waals surface area contributed by atoms with E-state index in [0.29, 0.717) is 19.3 Å². The molecule has 0 spiro atoms. The Morgan fingerprint density at radius 3 is 0.953 bits per heavy atom. The molecule has 1 unspecified atom stereocenters. The lowest BCUT2D eigenvalue weighted by molar-refractivity contribution is -0.167. The molecule has 0 aliphatic rings. The molecule has 0 heterocycles. The van der Waals surface area contributed by atoms with Crippen molar-refractivity contribution < 1.29 is 28.6 Å². The third-order valence-electron chi connectivity index (χ3n) is 11.5. The van der Waals surface area contributed by atoms with E-state index in [9.17, 15) is 14.4 Å². The van der Waals surface area contributed by atoms with Gasteiger partial charge < -0.3 is 14.2 Å². The molecule has 0 amide bonds. The standard InChI is InChI=1S/C58H100O6/c1-4-7-10-13-16-18-20-22-24-26-28-29-30-32-33-35-37-39-42-45-48-51-57(60)63-54-55(53-62-56(59)50-47-44-41-15-12-9-6-3)64-58(61)52-49-46-43-40-38-36-34-31-27-25-23-21-19-17-14-11-8-5-2/h7,10,16,18,22,24,28-29,32-33,37,39,55H,4-6,8-9,11-15,17,19-21,23,25-27,30-31,34-36,38,40-54H2,1-3H3/b10-7-,18-16-,24-22-,29-28-,33-32-,39-37-. The molecule has 0 radical (unpaired) electrons. The molecule has 0 saturated carbocycles. The Hall–Kier alpha value is -3.15. The third-order valence-corrected chi connectivity index (χ3v) is 11.5. The average Bonchev–Trinajstić information content (AvgIpc) is 3.29. The molecule has 64 heavy (non-hydrogen) atoms. The van der Waals surface area contributed by atoms with Crippen LogP contribution in [0.3, 0.4) is 0 Å². The summed E-state index contributed by atoms with van der Waals surface area (Å²) in [5, 5.41) is 0. The van der Waals surface area contributed by atoms with Crippen LogP contribution in [0.1, 0.15) is 258 Å². The van der Waals surface area contributed by atoms with Crippen molar-refractivity contribution in [2.45, 2.75) is 264 Å². The van der Waals surface area contributed by atoms with Gasteiger partial charge in [0.1, 0.15) is 13.2 Å². The number of hydrogen-bond donors (Lipinski definition) is 0. The molecule has 0 aliphatic heterocycles. The normalized spacial score (nSPS) is 12.6. The number of carbonyl (C=O) groups excluding carboxylic acids is 3. The lowest BCUT2D eigenvalue weighted by Crippen LogP contribution is -2.30. The number of rotatable bonds is 48. The van der Waals surface area contributed by atoms with Gasteiger partial charge in [-0.2, -0.15) is 0 Å². The Morgan fingerprint density at radius 1 is 0.328 bits per heavy atom. The first kappa shape index (κ1) is 60.9. The van der Waals surface area contributed by atoms with Crippen LogP contribution in [0, 0.1) is 0 Å². The highest BCUT2D eigenvalue weighted by Crippen LogP contribution is 2.16. The summed E-state index contributed by atoms with van der Waals surface area (Å²) in [6.07, 6.45) is 66.2. The Labute approximate surface area is 395 Å². The van der Waals surface area contributed by atoms with Crippen LogP contribution in [0.4, 0.5) is 0 Å². The molecule has 0 aromatic carbocycles. The lowest BCUT2D eigenvalue weighted by Gasteiger charge is -2.18. The highest BCUT2D eigenvalue weighted by Gasteiger charge is 2.19. The zero-order valence-corrected chi connectivity index (χ0v) is 42.0. The molecule has 0 aromatic heterocycles. The number of hydrogen-bond acceptors (Lipinski definition) is 6. The Bertz CT molecular complexity index is 1210. The first-order valence-corrected chi connectivity index (χ1v) is 26.9. The highest BCUT2D eigenvalue weighted by molar-refractivity contribution is 5.71. The van der Waals surface area contributed by atoms with E-state index in [1.165, 1.54) is 122 Å². The summed E-state index contributed by atoms with van der Waals surface area (Å²) < 4.78 is 16.7. The van der Waals surface area contributed by atoms with Gasteiger partial charge in [-0.25, -0.2) is 0 Å². The zero-order valence-electron chi connectivity index (χ0n) is 42.0. The van der Waals surface area contributed by atoms with Crippen LogP contribution in [0.5, 0.6) is 0 Å². The van der Waals surface area contributed by atoms with Crippen LogP contribution >= 0.6 is 0 Å². The van der Waals surface area contributed by atoms with Gasteiger partial charge in [-0.3, -0.25) is 14.4 Å². The molecule has 0 fully saturated rings.